The average molecular weight is 436 g/mol. The van der Waals surface area contributed by atoms with Crippen molar-refractivity contribution < 1.29 is 4.79 Å². The van der Waals surface area contributed by atoms with Crippen molar-refractivity contribution in [3.63, 3.8) is 0 Å². The number of nitrogens with one attached hydrogen (secondary N) is 1. The molecule has 1 aliphatic heterocycles. The number of nitriles is 1. The first kappa shape index (κ1) is 22.9. The van der Waals surface area contributed by atoms with Gasteiger partial charge in [0.05, 0.1) is 0 Å². The van der Waals surface area contributed by atoms with Crippen LogP contribution in [0.15, 0.2) is 42.0 Å². The summed E-state index contributed by atoms with van der Waals surface area (Å²) in [6.07, 6.45) is 2.70. The summed E-state index contributed by atoms with van der Waals surface area (Å²) >= 11 is 6.04. The molecule has 162 valence electrons. The lowest BCUT2D eigenvalue weighted by Gasteiger charge is -2.50. The van der Waals surface area contributed by atoms with Gasteiger partial charge in [0.1, 0.15) is 11.6 Å². The topological polar surface area (TPSA) is 56.1 Å². The van der Waals surface area contributed by atoms with Crippen molar-refractivity contribution in [2.24, 2.45) is 0 Å². The quantitative estimate of drug-likeness (QED) is 0.429. The first-order valence-electron chi connectivity index (χ1n) is 10.7. The van der Waals surface area contributed by atoms with Gasteiger partial charge in [-0.3, -0.25) is 4.79 Å². The van der Waals surface area contributed by atoms with E-state index in [4.69, 9.17) is 11.6 Å². The van der Waals surface area contributed by atoms with Crippen LogP contribution >= 0.6 is 11.6 Å². The Hall–Kier alpha value is -2.77. The number of anilines is 2. The largest absolute Gasteiger partial charge is 0.364 e. The number of rotatable bonds is 4. The zero-order chi connectivity index (χ0) is 22.9. The molecule has 0 unspecified atom stereocenters. The van der Waals surface area contributed by atoms with Crippen molar-refractivity contribution in [2.45, 2.75) is 65.5 Å². The predicted molar refractivity (Wildman–Crippen MR) is 130 cm³/mol. The number of halogens is 1. The third-order valence-corrected chi connectivity index (χ3v) is 6.18. The van der Waals surface area contributed by atoms with E-state index in [2.05, 4.69) is 57.0 Å². The van der Waals surface area contributed by atoms with Gasteiger partial charge in [-0.05, 0) is 94.0 Å². The second-order valence-electron chi connectivity index (χ2n) is 9.28. The van der Waals surface area contributed by atoms with Crippen LogP contribution in [-0.4, -0.2) is 17.5 Å². The van der Waals surface area contributed by atoms with Crippen molar-refractivity contribution in [1.29, 1.82) is 5.26 Å². The number of carbonyl (C=O) groups excluding carboxylic acids is 1. The Morgan fingerprint density at radius 3 is 2.65 bits per heavy atom. The molecule has 2 aromatic carbocycles. The van der Waals surface area contributed by atoms with Gasteiger partial charge in [-0.1, -0.05) is 30.7 Å². The van der Waals surface area contributed by atoms with Gasteiger partial charge < -0.3 is 10.2 Å². The minimum atomic E-state index is -0.441. The Balaban J connectivity index is 1.94. The Bertz CT molecular complexity index is 1080. The molecule has 1 atom stereocenters. The molecular weight excluding hydrogens is 406 g/mol. The molecule has 0 spiro atoms. The standard InChI is InChI=1S/C26H30ClN3O/c1-16(2)30-24-10-8-19(12-22(24)18(4)14-26(30,5)6)11-20(15-28)25(31)29-23-13-21(27)9-7-17(23)3/h7-13,16,18H,14H2,1-6H3,(H,29,31)/b20-11-/t18-/m1/s1. The van der Waals surface area contributed by atoms with Gasteiger partial charge in [-0.25, -0.2) is 0 Å². The van der Waals surface area contributed by atoms with E-state index in [0.29, 0.717) is 22.7 Å². The fourth-order valence-electron chi connectivity index (χ4n) is 4.77. The number of hydrogen-bond donors (Lipinski definition) is 1. The maximum atomic E-state index is 12.7. The number of benzene rings is 2. The number of hydrogen-bond acceptors (Lipinski definition) is 3. The summed E-state index contributed by atoms with van der Waals surface area (Å²) in [6.45, 7) is 13.1. The second kappa shape index (κ2) is 8.77. The number of amides is 1. The smallest absolute Gasteiger partial charge is 0.266 e. The number of nitrogens with zero attached hydrogens (tertiary/aromatic N) is 2. The SMILES string of the molecule is Cc1ccc(Cl)cc1NC(=O)/C(C#N)=C\c1ccc2c(c1)[C@H](C)CC(C)(C)N2C(C)C. The molecule has 31 heavy (non-hydrogen) atoms. The average Bonchev–Trinajstić information content (AvgIpc) is 2.68. The molecule has 2 aromatic rings. The fourth-order valence-corrected chi connectivity index (χ4v) is 4.94. The van der Waals surface area contributed by atoms with E-state index in [1.165, 1.54) is 11.3 Å². The van der Waals surface area contributed by atoms with Crippen LogP contribution in [0, 0.1) is 18.3 Å². The summed E-state index contributed by atoms with van der Waals surface area (Å²) in [5.74, 6) is -0.0506. The summed E-state index contributed by atoms with van der Waals surface area (Å²) in [5, 5.41) is 13.0. The monoisotopic (exact) mass is 435 g/mol. The lowest BCUT2D eigenvalue weighted by Crippen LogP contribution is -2.51. The summed E-state index contributed by atoms with van der Waals surface area (Å²) in [4.78, 5) is 15.2. The molecule has 0 aliphatic carbocycles. The van der Waals surface area contributed by atoms with E-state index in [9.17, 15) is 10.1 Å². The van der Waals surface area contributed by atoms with Crippen molar-refractivity contribution in [3.8, 4) is 6.07 Å². The van der Waals surface area contributed by atoms with E-state index >= 15 is 0 Å². The first-order chi connectivity index (χ1) is 14.5. The third kappa shape index (κ3) is 4.78. The van der Waals surface area contributed by atoms with E-state index in [-0.39, 0.29) is 11.1 Å². The minimum Gasteiger partial charge on any atom is -0.364 e. The van der Waals surface area contributed by atoms with Crippen molar-refractivity contribution in [3.05, 3.63) is 63.7 Å². The van der Waals surface area contributed by atoms with E-state index in [1.807, 2.05) is 25.1 Å². The van der Waals surface area contributed by atoms with Crippen LogP contribution in [0.1, 0.15) is 63.6 Å². The highest BCUT2D eigenvalue weighted by Crippen LogP contribution is 2.44. The van der Waals surface area contributed by atoms with Gasteiger partial charge in [-0.2, -0.15) is 5.26 Å². The van der Waals surface area contributed by atoms with Crippen LogP contribution in [0.2, 0.25) is 5.02 Å². The van der Waals surface area contributed by atoms with Gasteiger partial charge in [0.2, 0.25) is 0 Å². The molecule has 0 radical (unpaired) electrons. The Labute approximate surface area is 190 Å². The molecule has 1 heterocycles. The first-order valence-corrected chi connectivity index (χ1v) is 11.0. The summed E-state index contributed by atoms with van der Waals surface area (Å²) in [5.41, 5.74) is 4.96. The van der Waals surface area contributed by atoms with Crippen molar-refractivity contribution in [1.82, 2.24) is 0 Å². The maximum Gasteiger partial charge on any atom is 0.266 e. The molecule has 0 bridgehead atoms. The Morgan fingerprint density at radius 2 is 2.00 bits per heavy atom. The van der Waals surface area contributed by atoms with Crippen LogP contribution in [0.5, 0.6) is 0 Å². The Morgan fingerprint density at radius 1 is 1.29 bits per heavy atom. The Kier molecular flexibility index (Phi) is 6.48. The van der Waals surface area contributed by atoms with Crippen LogP contribution in [0.25, 0.3) is 6.08 Å². The second-order valence-corrected chi connectivity index (χ2v) is 9.72. The molecule has 0 aromatic heterocycles. The molecule has 0 saturated heterocycles. The van der Waals surface area contributed by atoms with Gasteiger partial charge >= 0.3 is 0 Å². The number of aryl methyl sites for hydroxylation is 1. The molecule has 1 N–H and O–H groups in total. The molecule has 4 nitrogen and oxygen atoms in total. The summed E-state index contributed by atoms with van der Waals surface area (Å²) < 4.78 is 0. The molecule has 1 amide bonds. The highest BCUT2D eigenvalue weighted by Gasteiger charge is 2.37. The van der Waals surface area contributed by atoms with Gasteiger partial charge in [-0.15, -0.1) is 0 Å². The molecular formula is C26H30ClN3O. The molecule has 3 rings (SSSR count). The summed E-state index contributed by atoms with van der Waals surface area (Å²) in [6, 6.07) is 13.9. The zero-order valence-electron chi connectivity index (χ0n) is 19.1. The van der Waals surface area contributed by atoms with Crippen molar-refractivity contribution >= 4 is 35.0 Å². The van der Waals surface area contributed by atoms with E-state index < -0.39 is 5.91 Å². The molecule has 5 heteroatoms. The highest BCUT2D eigenvalue weighted by atomic mass is 35.5. The predicted octanol–water partition coefficient (Wildman–Crippen LogP) is 6.69. The number of fused-ring (bicyclic) bond motifs is 1. The van der Waals surface area contributed by atoms with Crippen LogP contribution in [0.3, 0.4) is 0 Å². The van der Waals surface area contributed by atoms with Gasteiger partial charge in [0, 0.05) is 28.0 Å². The minimum absolute atomic E-state index is 0.0591. The fraction of sp³-hybridized carbons (Fsp3) is 0.385. The highest BCUT2D eigenvalue weighted by molar-refractivity contribution is 6.31. The van der Waals surface area contributed by atoms with Gasteiger partial charge in [0.15, 0.2) is 0 Å². The number of carbonyl (C=O) groups is 1. The van der Waals surface area contributed by atoms with Crippen LogP contribution in [-0.2, 0) is 4.79 Å². The molecule has 1 aliphatic rings. The lowest BCUT2D eigenvalue weighted by atomic mass is 9.79. The van der Waals surface area contributed by atoms with Crippen LogP contribution < -0.4 is 10.2 Å². The zero-order valence-corrected chi connectivity index (χ0v) is 19.8. The lowest BCUT2D eigenvalue weighted by molar-refractivity contribution is -0.112. The van der Waals surface area contributed by atoms with E-state index in [1.54, 1.807) is 18.2 Å². The van der Waals surface area contributed by atoms with Crippen LogP contribution in [0.4, 0.5) is 11.4 Å². The molecule has 0 saturated carbocycles. The summed E-state index contributed by atoms with van der Waals surface area (Å²) in [7, 11) is 0. The third-order valence-electron chi connectivity index (χ3n) is 5.94. The maximum absolute atomic E-state index is 12.7. The molecule has 0 fully saturated rings. The normalized spacial score (nSPS) is 17.8. The van der Waals surface area contributed by atoms with Crippen molar-refractivity contribution in [2.75, 3.05) is 10.2 Å². The van der Waals surface area contributed by atoms with Gasteiger partial charge in [0.25, 0.3) is 5.91 Å². The van der Waals surface area contributed by atoms with E-state index in [0.717, 1.165) is 17.5 Å².